The van der Waals surface area contributed by atoms with Gasteiger partial charge in [-0.25, -0.2) is 0 Å². The summed E-state index contributed by atoms with van der Waals surface area (Å²) in [7, 11) is 0. The van der Waals surface area contributed by atoms with Gasteiger partial charge < -0.3 is 79.4 Å². The van der Waals surface area contributed by atoms with E-state index >= 15 is 0 Å². The molecular weight excluding hydrogens is 1130 g/mol. The van der Waals surface area contributed by atoms with Crippen LogP contribution in [0.3, 0.4) is 0 Å². The van der Waals surface area contributed by atoms with Crippen molar-refractivity contribution in [3.8, 4) is 5.75 Å². The third-order valence-electron chi connectivity index (χ3n) is 15.2. The Hall–Kier alpha value is -9.07. The number of aliphatic imine (C=N–C) groups is 1. The Bertz CT molecular complexity index is 3100. The summed E-state index contributed by atoms with van der Waals surface area (Å²) in [5.41, 5.74) is 13.5. The van der Waals surface area contributed by atoms with Crippen molar-refractivity contribution in [2.24, 2.45) is 28.3 Å². The summed E-state index contributed by atoms with van der Waals surface area (Å²) in [6.45, 7) is 8.85. The summed E-state index contributed by atoms with van der Waals surface area (Å²) in [6, 6.07) is 10.6. The maximum absolute atomic E-state index is 14.7. The fourth-order valence-corrected chi connectivity index (χ4v) is 10.7. The van der Waals surface area contributed by atoms with Gasteiger partial charge in [0.2, 0.25) is 59.1 Å². The molecule has 2 aliphatic rings. The van der Waals surface area contributed by atoms with E-state index in [9.17, 15) is 58.2 Å². The second-order valence-electron chi connectivity index (χ2n) is 23.2. The molecule has 0 unspecified atom stereocenters. The van der Waals surface area contributed by atoms with Crippen LogP contribution in [0.2, 0.25) is 0 Å². The van der Waals surface area contributed by atoms with E-state index in [4.69, 9.17) is 11.5 Å². The number of hydrogen-bond acceptors (Lipinski definition) is 13. The number of fused-ring (bicyclic) bond motifs is 1. The molecule has 0 radical (unpaired) electrons. The molecule has 3 heterocycles. The first kappa shape index (κ1) is 68.0. The van der Waals surface area contributed by atoms with Gasteiger partial charge in [-0.1, -0.05) is 88.4 Å². The second kappa shape index (κ2) is 33.2. The molecule has 10 amide bonds. The summed E-state index contributed by atoms with van der Waals surface area (Å²) in [5, 5.41) is 46.1. The number of rotatable bonds is 32. The van der Waals surface area contributed by atoms with Crippen LogP contribution in [0.15, 0.2) is 90.1 Å². The number of aromatic nitrogens is 1. The number of aliphatic hydroxyl groups excluding tert-OH is 1. The fourth-order valence-electron chi connectivity index (χ4n) is 10.7. The lowest BCUT2D eigenvalue weighted by Crippen LogP contribution is -2.61. The molecule has 2 fully saturated rings. The van der Waals surface area contributed by atoms with Crippen LogP contribution in [0.25, 0.3) is 10.9 Å². The quantitative estimate of drug-likeness (QED) is 0.0172. The zero-order chi connectivity index (χ0) is 64.0. The zero-order valence-corrected chi connectivity index (χ0v) is 50.6. The van der Waals surface area contributed by atoms with Crippen LogP contribution in [0.4, 0.5) is 0 Å². The number of carbonyl (C=O) groups is 10. The summed E-state index contributed by atoms with van der Waals surface area (Å²) in [4.78, 5) is 149. The van der Waals surface area contributed by atoms with E-state index < -0.39 is 108 Å². The number of nitrogens with one attached hydrogen (secondary N) is 10. The number of H-pyrrole nitrogens is 1. The number of para-hydroxylation sites is 1. The van der Waals surface area contributed by atoms with E-state index in [1.54, 1.807) is 49.5 Å². The first-order valence-corrected chi connectivity index (χ1v) is 30.1. The topological polar surface area (TPSA) is 403 Å². The number of nitrogens with zero attached hydrogens (tertiary/aromatic N) is 2. The Balaban J connectivity index is 1.23. The molecular formula is C62H86N14O12. The molecule has 16 N–H and O–H groups in total. The lowest BCUT2D eigenvalue weighted by Gasteiger charge is -2.31. The Morgan fingerprint density at radius 2 is 1.16 bits per heavy atom. The van der Waals surface area contributed by atoms with Crippen molar-refractivity contribution in [3.05, 3.63) is 102 Å². The molecule has 88 heavy (non-hydrogen) atoms. The van der Waals surface area contributed by atoms with Crippen LogP contribution in [0, 0.1) is 11.8 Å². The lowest BCUT2D eigenvalue weighted by atomic mass is 9.98. The molecule has 3 aromatic carbocycles. The maximum Gasteiger partial charge on any atom is 0.245 e. The minimum absolute atomic E-state index is 0.00571. The van der Waals surface area contributed by atoms with Gasteiger partial charge in [0.15, 0.2) is 5.96 Å². The molecule has 476 valence electrons. The van der Waals surface area contributed by atoms with Gasteiger partial charge >= 0.3 is 0 Å². The van der Waals surface area contributed by atoms with Crippen LogP contribution in [0.5, 0.6) is 5.75 Å². The van der Waals surface area contributed by atoms with Crippen LogP contribution < -0.4 is 59.3 Å². The number of aliphatic hydroxyl groups is 1. The molecule has 2 saturated heterocycles. The number of phenolic OH excluding ortho intramolecular Hbond substituents is 1. The number of aromatic hydroxyl groups is 1. The Labute approximate surface area is 511 Å². The smallest absolute Gasteiger partial charge is 0.245 e. The number of likely N-dealkylation sites (N-methyl/N-ethyl adjacent to an activating group) is 1. The molecule has 1 aromatic heterocycles. The van der Waals surface area contributed by atoms with E-state index in [-0.39, 0.29) is 106 Å². The first-order valence-electron chi connectivity index (χ1n) is 30.1. The molecule has 0 aliphatic carbocycles. The molecule has 9 atom stereocenters. The minimum atomic E-state index is -1.74. The number of likely N-dealkylation sites (tertiary alicyclic amines) is 1. The van der Waals surface area contributed by atoms with E-state index in [1.165, 1.54) is 29.2 Å². The number of guanidine groups is 1. The van der Waals surface area contributed by atoms with Crippen molar-refractivity contribution in [1.29, 1.82) is 0 Å². The van der Waals surface area contributed by atoms with Crippen molar-refractivity contribution in [1.82, 2.24) is 57.7 Å². The van der Waals surface area contributed by atoms with Gasteiger partial charge in [-0.2, -0.15) is 0 Å². The van der Waals surface area contributed by atoms with Crippen LogP contribution in [0.1, 0.15) is 103 Å². The highest BCUT2D eigenvalue weighted by atomic mass is 16.3. The Morgan fingerprint density at radius 1 is 0.636 bits per heavy atom. The third kappa shape index (κ3) is 20.3. The molecule has 6 rings (SSSR count). The van der Waals surface area contributed by atoms with Gasteiger partial charge in [0.1, 0.15) is 60.1 Å². The van der Waals surface area contributed by atoms with E-state index in [2.05, 4.69) is 57.8 Å². The number of carbonyl (C=O) groups excluding carboxylic acids is 10. The number of benzene rings is 3. The predicted molar refractivity (Wildman–Crippen MR) is 328 cm³/mol. The largest absolute Gasteiger partial charge is 0.508 e. The van der Waals surface area contributed by atoms with Crippen LogP contribution in [-0.2, 0) is 67.2 Å². The average molecular weight is 1220 g/mol. The number of hydrogen-bond donors (Lipinski definition) is 14. The van der Waals surface area contributed by atoms with Crippen molar-refractivity contribution in [2.75, 3.05) is 26.2 Å². The highest BCUT2D eigenvalue weighted by Crippen LogP contribution is 2.22. The average Bonchev–Trinajstić information content (AvgIpc) is 4.38. The normalized spacial score (nSPS) is 17.0. The van der Waals surface area contributed by atoms with Gasteiger partial charge in [-0.3, -0.25) is 52.9 Å². The molecule has 0 bridgehead atoms. The molecule has 0 spiro atoms. The lowest BCUT2D eigenvalue weighted by molar-refractivity contribution is -0.142. The molecule has 2 aliphatic heterocycles. The summed E-state index contributed by atoms with van der Waals surface area (Å²) >= 11 is 0. The van der Waals surface area contributed by atoms with E-state index in [1.807, 2.05) is 45.9 Å². The summed E-state index contributed by atoms with van der Waals surface area (Å²) in [6.07, 6.45) is 3.14. The molecule has 4 aromatic rings. The SMILES string of the molecule is CCNC(=O)[C@H]1CCCN1C(=O)[C@H](CCCN=C(N)N)NC(=O)[C@H](CC(C)C)NC(=O)[C@@H](CC(C)C)NC(=O)[C@H](Cc1ccc(O)cc1)NC(=O)[C@H](CO)NC(=O)[C@H](Cc1c[nH]c2ccccc12)NC(=O)[C@H](Cc1ccccc1)NC(=O)[C@@H]1CCC(=O)N1. The zero-order valence-electron chi connectivity index (χ0n) is 50.6. The molecule has 0 saturated carbocycles. The molecule has 26 heteroatoms. The van der Waals surface area contributed by atoms with Crippen LogP contribution >= 0.6 is 0 Å². The van der Waals surface area contributed by atoms with Crippen molar-refractivity contribution in [2.45, 2.75) is 160 Å². The fraction of sp³-hybridized carbons (Fsp3) is 0.500. The van der Waals surface area contributed by atoms with Crippen molar-refractivity contribution in [3.63, 3.8) is 0 Å². The predicted octanol–water partition coefficient (Wildman–Crippen LogP) is -0.161. The van der Waals surface area contributed by atoms with E-state index in [0.29, 0.717) is 36.1 Å². The van der Waals surface area contributed by atoms with Crippen molar-refractivity contribution < 1.29 is 58.2 Å². The van der Waals surface area contributed by atoms with Gasteiger partial charge in [-0.05, 0) is 98.6 Å². The first-order chi connectivity index (χ1) is 42.0. The number of phenols is 1. The van der Waals surface area contributed by atoms with Gasteiger partial charge in [0.05, 0.1) is 6.61 Å². The Morgan fingerprint density at radius 3 is 1.73 bits per heavy atom. The third-order valence-corrected chi connectivity index (χ3v) is 15.2. The highest BCUT2D eigenvalue weighted by Gasteiger charge is 2.40. The highest BCUT2D eigenvalue weighted by molar-refractivity contribution is 5.99. The van der Waals surface area contributed by atoms with Crippen LogP contribution in [-0.4, -0.2) is 166 Å². The standard InChI is InChI=1S/C62H86N14O12/c1-6-65-60(87)51-19-13-27-76(51)61(88)44(18-12-26-66-62(63)64)69-54(81)45(28-35(2)3)70-55(82)46(29-36(4)5)71-56(83)48(31-38-20-22-40(78)23-21-38)73-59(86)50(34-77)75-58(85)49(32-39-33-67-42-17-11-10-16-41(39)42)74-57(84)47(30-37-14-8-7-9-15-37)72-53(80)43-24-25-52(79)68-43/h7-11,14-17,20-23,33,35-36,43-51,67,77-78H,6,12-13,18-19,24-32,34H2,1-5H3,(H,65,87)(H,68,79)(H,69,81)(H,70,82)(H,71,83)(H,72,80)(H,73,86)(H,74,84)(H,75,85)(H4,63,64,66)/t43-,44-,45-,46+,47-,48-,49-,50-,51+/m0/s1. The van der Waals surface area contributed by atoms with Gasteiger partial charge in [-0.15, -0.1) is 0 Å². The number of nitrogens with two attached hydrogens (primary N) is 2. The summed E-state index contributed by atoms with van der Waals surface area (Å²) in [5.74, 6) is -7.42. The number of amides is 10. The molecule has 26 nitrogen and oxygen atoms in total. The minimum Gasteiger partial charge on any atom is -0.508 e. The van der Waals surface area contributed by atoms with Gasteiger partial charge in [0, 0.05) is 62.4 Å². The number of aromatic amines is 1. The monoisotopic (exact) mass is 1220 g/mol. The van der Waals surface area contributed by atoms with E-state index in [0.717, 1.165) is 10.9 Å². The maximum atomic E-state index is 14.7. The Kier molecular flexibility index (Phi) is 25.6. The second-order valence-corrected chi connectivity index (χ2v) is 23.2. The van der Waals surface area contributed by atoms with Crippen molar-refractivity contribution >= 4 is 75.9 Å². The van der Waals surface area contributed by atoms with Gasteiger partial charge in [0.25, 0.3) is 0 Å². The summed E-state index contributed by atoms with van der Waals surface area (Å²) < 4.78 is 0.